The molecule has 3 aromatic heterocycles. The van der Waals surface area contributed by atoms with E-state index in [9.17, 15) is 4.79 Å². The Hall–Kier alpha value is -2.19. The summed E-state index contributed by atoms with van der Waals surface area (Å²) in [7, 11) is 4.15. The molecular formula is C21H30N6OS. The Morgan fingerprint density at radius 1 is 1.21 bits per heavy atom. The van der Waals surface area contributed by atoms with Crippen LogP contribution in [0.1, 0.15) is 56.2 Å². The largest absolute Gasteiger partial charge is 0.305 e. The van der Waals surface area contributed by atoms with Gasteiger partial charge < -0.3 is 4.57 Å². The topological polar surface area (TPSA) is 68.3 Å². The molecule has 0 radical (unpaired) electrons. The molecule has 0 unspecified atom stereocenters. The number of nitrogens with zero attached hydrogens (tertiary/aromatic N) is 6. The molecule has 7 nitrogen and oxygen atoms in total. The van der Waals surface area contributed by atoms with E-state index in [2.05, 4.69) is 52.6 Å². The molecule has 0 amide bonds. The van der Waals surface area contributed by atoms with Crippen molar-refractivity contribution in [1.29, 1.82) is 0 Å². The molecule has 3 heterocycles. The molecule has 0 aromatic carbocycles. The third-order valence-corrected chi connectivity index (χ3v) is 6.00. The summed E-state index contributed by atoms with van der Waals surface area (Å²) in [6, 6.07) is 5.70. The summed E-state index contributed by atoms with van der Waals surface area (Å²) in [6.45, 7) is 7.23. The molecule has 0 aliphatic carbocycles. The fraction of sp³-hybridized carbons (Fsp3) is 0.524. The Balaban J connectivity index is 1.86. The Labute approximate surface area is 176 Å². The zero-order chi connectivity index (χ0) is 21.0. The van der Waals surface area contributed by atoms with Crippen molar-refractivity contribution in [2.75, 3.05) is 14.1 Å². The SMILES string of the molecule is CCCCn1c(SCc2cc(=O)n3cc(C)ccc3n2)nnc1[C@H](CC)N(C)C. The van der Waals surface area contributed by atoms with Crippen molar-refractivity contribution in [1.82, 2.24) is 29.0 Å². The van der Waals surface area contributed by atoms with E-state index in [-0.39, 0.29) is 11.6 Å². The van der Waals surface area contributed by atoms with Gasteiger partial charge in [0.2, 0.25) is 0 Å². The van der Waals surface area contributed by atoms with Crippen molar-refractivity contribution in [3.63, 3.8) is 0 Å². The molecule has 1 atom stereocenters. The predicted octanol–water partition coefficient (Wildman–Crippen LogP) is 3.70. The highest BCUT2D eigenvalue weighted by molar-refractivity contribution is 7.98. The summed E-state index contributed by atoms with van der Waals surface area (Å²) in [4.78, 5) is 19.3. The van der Waals surface area contributed by atoms with Crippen LogP contribution in [0.15, 0.2) is 34.3 Å². The average molecular weight is 415 g/mol. The maximum absolute atomic E-state index is 12.5. The Morgan fingerprint density at radius 2 is 2.00 bits per heavy atom. The van der Waals surface area contributed by atoms with E-state index in [1.807, 2.05) is 25.3 Å². The number of hydrogen-bond donors (Lipinski definition) is 0. The molecule has 29 heavy (non-hydrogen) atoms. The Kier molecular flexibility index (Phi) is 7.08. The van der Waals surface area contributed by atoms with Crippen molar-refractivity contribution >= 4 is 17.4 Å². The second kappa shape index (κ2) is 9.54. The lowest BCUT2D eigenvalue weighted by molar-refractivity contribution is 0.270. The van der Waals surface area contributed by atoms with E-state index in [0.29, 0.717) is 11.4 Å². The van der Waals surface area contributed by atoms with Gasteiger partial charge in [-0.05, 0) is 45.5 Å². The second-order valence-corrected chi connectivity index (χ2v) is 8.49. The Morgan fingerprint density at radius 3 is 2.69 bits per heavy atom. The van der Waals surface area contributed by atoms with Crippen molar-refractivity contribution in [3.8, 4) is 0 Å². The first-order valence-electron chi connectivity index (χ1n) is 10.2. The van der Waals surface area contributed by atoms with Gasteiger partial charge in [0.25, 0.3) is 5.56 Å². The van der Waals surface area contributed by atoms with E-state index in [0.717, 1.165) is 48.0 Å². The summed E-state index contributed by atoms with van der Waals surface area (Å²) in [6.07, 6.45) is 4.99. The second-order valence-electron chi connectivity index (χ2n) is 7.54. The fourth-order valence-electron chi connectivity index (χ4n) is 3.43. The van der Waals surface area contributed by atoms with Gasteiger partial charge in [0, 0.05) is 24.6 Å². The van der Waals surface area contributed by atoms with Crippen LogP contribution in [0.4, 0.5) is 0 Å². The first-order valence-corrected chi connectivity index (χ1v) is 11.1. The smallest absolute Gasteiger partial charge is 0.258 e. The monoisotopic (exact) mass is 414 g/mol. The van der Waals surface area contributed by atoms with Crippen LogP contribution in [0, 0.1) is 6.92 Å². The minimum atomic E-state index is -0.0545. The maximum atomic E-state index is 12.5. The van der Waals surface area contributed by atoms with E-state index < -0.39 is 0 Å². The molecule has 3 rings (SSSR count). The van der Waals surface area contributed by atoms with E-state index >= 15 is 0 Å². The van der Waals surface area contributed by atoms with Crippen LogP contribution in [0.5, 0.6) is 0 Å². The van der Waals surface area contributed by atoms with Crippen LogP contribution in [0.25, 0.3) is 5.65 Å². The van der Waals surface area contributed by atoms with Crippen LogP contribution in [-0.2, 0) is 12.3 Å². The zero-order valence-electron chi connectivity index (χ0n) is 17.9. The van der Waals surface area contributed by atoms with Gasteiger partial charge in [0.15, 0.2) is 11.0 Å². The van der Waals surface area contributed by atoms with Crippen LogP contribution >= 0.6 is 11.8 Å². The van der Waals surface area contributed by atoms with Gasteiger partial charge in [-0.25, -0.2) is 4.98 Å². The predicted molar refractivity (Wildman–Crippen MR) is 117 cm³/mol. The standard InChI is InChI=1S/C21H30N6OS/c1-6-8-11-26-20(17(7-2)25(4)5)23-24-21(26)29-14-16-12-19(28)27-13-15(3)9-10-18(27)22-16/h9-10,12-13,17H,6-8,11,14H2,1-5H3/t17-/m0/s1. The van der Waals surface area contributed by atoms with Gasteiger partial charge in [-0.1, -0.05) is 38.1 Å². The number of unbranched alkanes of at least 4 members (excludes halogenated alkanes) is 1. The molecule has 0 aliphatic heterocycles. The zero-order valence-corrected chi connectivity index (χ0v) is 18.7. The van der Waals surface area contributed by atoms with Gasteiger partial charge in [0.1, 0.15) is 5.65 Å². The number of rotatable bonds is 9. The van der Waals surface area contributed by atoms with Crippen molar-refractivity contribution in [3.05, 3.63) is 51.8 Å². The molecule has 0 saturated carbocycles. The van der Waals surface area contributed by atoms with Crippen molar-refractivity contribution in [2.24, 2.45) is 0 Å². The maximum Gasteiger partial charge on any atom is 0.258 e. The van der Waals surface area contributed by atoms with Crippen LogP contribution in [-0.4, -0.2) is 43.1 Å². The summed E-state index contributed by atoms with van der Waals surface area (Å²) < 4.78 is 3.83. The first-order chi connectivity index (χ1) is 13.9. The van der Waals surface area contributed by atoms with E-state index in [1.54, 1.807) is 22.2 Å². The average Bonchev–Trinajstić information content (AvgIpc) is 3.08. The van der Waals surface area contributed by atoms with Gasteiger partial charge in [-0.15, -0.1) is 10.2 Å². The quantitative estimate of drug-likeness (QED) is 0.497. The summed E-state index contributed by atoms with van der Waals surface area (Å²) >= 11 is 1.59. The lowest BCUT2D eigenvalue weighted by Crippen LogP contribution is -2.23. The van der Waals surface area contributed by atoms with Crippen LogP contribution in [0.2, 0.25) is 0 Å². The molecule has 0 fully saturated rings. The number of aryl methyl sites for hydroxylation is 1. The number of pyridine rings is 1. The minimum absolute atomic E-state index is 0.0545. The van der Waals surface area contributed by atoms with Gasteiger partial charge >= 0.3 is 0 Å². The molecule has 3 aromatic rings. The van der Waals surface area contributed by atoms with Gasteiger partial charge in [-0.3, -0.25) is 14.1 Å². The van der Waals surface area contributed by atoms with Gasteiger partial charge in [0.05, 0.1) is 11.7 Å². The van der Waals surface area contributed by atoms with Crippen LogP contribution < -0.4 is 5.56 Å². The summed E-state index contributed by atoms with van der Waals surface area (Å²) in [5, 5.41) is 9.87. The van der Waals surface area contributed by atoms with Crippen LogP contribution in [0.3, 0.4) is 0 Å². The van der Waals surface area contributed by atoms with Crippen molar-refractivity contribution < 1.29 is 0 Å². The summed E-state index contributed by atoms with van der Waals surface area (Å²) in [5.74, 6) is 1.60. The molecule has 0 N–H and O–H groups in total. The van der Waals surface area contributed by atoms with E-state index in [4.69, 9.17) is 0 Å². The highest BCUT2D eigenvalue weighted by Gasteiger charge is 2.22. The third kappa shape index (κ3) is 4.87. The molecule has 0 bridgehead atoms. The number of fused-ring (bicyclic) bond motifs is 1. The first kappa shape index (κ1) is 21.5. The highest BCUT2D eigenvalue weighted by atomic mass is 32.2. The molecule has 0 spiro atoms. The number of aromatic nitrogens is 5. The number of hydrogen-bond acceptors (Lipinski definition) is 6. The number of thioether (sulfide) groups is 1. The molecule has 8 heteroatoms. The summed E-state index contributed by atoms with van der Waals surface area (Å²) in [5.41, 5.74) is 2.41. The minimum Gasteiger partial charge on any atom is -0.305 e. The molecule has 0 saturated heterocycles. The van der Waals surface area contributed by atoms with E-state index in [1.165, 1.54) is 0 Å². The fourth-order valence-corrected chi connectivity index (χ4v) is 4.29. The van der Waals surface area contributed by atoms with Crippen molar-refractivity contribution in [2.45, 2.75) is 63.5 Å². The lowest BCUT2D eigenvalue weighted by Gasteiger charge is -2.23. The highest BCUT2D eigenvalue weighted by Crippen LogP contribution is 2.27. The van der Waals surface area contributed by atoms with Gasteiger partial charge in [-0.2, -0.15) is 0 Å². The normalized spacial score (nSPS) is 12.8. The molecular weight excluding hydrogens is 384 g/mol. The molecule has 156 valence electrons. The lowest BCUT2D eigenvalue weighted by atomic mass is 10.2. The Bertz CT molecular complexity index is 1030. The molecule has 0 aliphatic rings. The third-order valence-electron chi connectivity index (χ3n) is 5.00.